The molecule has 1 aromatic heterocycles. The first-order chi connectivity index (χ1) is 12.4. The molecule has 0 saturated heterocycles. The molecule has 136 valence electrons. The Morgan fingerprint density at radius 3 is 2.50 bits per heavy atom. The smallest absolute Gasteiger partial charge is 0.406 e. The van der Waals surface area contributed by atoms with Gasteiger partial charge in [0.1, 0.15) is 18.1 Å². The van der Waals surface area contributed by atoms with Crippen LogP contribution in [0.3, 0.4) is 0 Å². The van der Waals surface area contributed by atoms with Gasteiger partial charge >= 0.3 is 6.18 Å². The largest absolute Gasteiger partial charge is 0.484 e. The summed E-state index contributed by atoms with van der Waals surface area (Å²) in [6.07, 6.45) is -3.16. The average Bonchev–Trinajstić information content (AvgIpc) is 3.11. The monoisotopic (exact) mass is 363 g/mol. The summed E-state index contributed by atoms with van der Waals surface area (Å²) in [5.41, 5.74) is 0. The minimum atomic E-state index is -4.51. The lowest BCUT2D eigenvalue weighted by Crippen LogP contribution is -2.40. The summed E-state index contributed by atoms with van der Waals surface area (Å²) >= 11 is 0. The van der Waals surface area contributed by atoms with E-state index in [0.29, 0.717) is 10.6 Å². The first kappa shape index (κ1) is 17.8. The Balaban J connectivity index is 1.67. The molecule has 0 spiro atoms. The fourth-order valence-corrected chi connectivity index (χ4v) is 2.53. The molecule has 0 bridgehead atoms. The van der Waals surface area contributed by atoms with E-state index in [-0.39, 0.29) is 12.3 Å². The minimum Gasteiger partial charge on any atom is -0.484 e. The number of benzene rings is 2. The molecule has 0 atom stereocenters. The fraction of sp³-hybridized carbons (Fsp3) is 0.211. The number of furan rings is 1. The number of carbonyl (C=O) groups excluding carboxylic acids is 1. The second kappa shape index (κ2) is 7.51. The molecular weight excluding hydrogens is 347 g/mol. The summed E-state index contributed by atoms with van der Waals surface area (Å²) in [7, 11) is 0. The Labute approximate surface area is 147 Å². The quantitative estimate of drug-likeness (QED) is 0.652. The van der Waals surface area contributed by atoms with Crippen LogP contribution in [0.5, 0.6) is 5.75 Å². The number of hydrogen-bond acceptors (Lipinski definition) is 3. The summed E-state index contributed by atoms with van der Waals surface area (Å²) in [6.45, 7) is -2.13. The van der Waals surface area contributed by atoms with E-state index in [2.05, 4.69) is 0 Å². The minimum absolute atomic E-state index is 0.271. The maximum Gasteiger partial charge on any atom is 0.406 e. The molecule has 1 amide bonds. The van der Waals surface area contributed by atoms with Crippen LogP contribution in [0, 0.1) is 0 Å². The summed E-state index contributed by atoms with van der Waals surface area (Å²) < 4.78 is 48.7. The van der Waals surface area contributed by atoms with Crippen LogP contribution in [0.4, 0.5) is 13.2 Å². The molecule has 0 fully saturated rings. The zero-order chi connectivity index (χ0) is 18.6. The van der Waals surface area contributed by atoms with E-state index >= 15 is 0 Å². The van der Waals surface area contributed by atoms with Gasteiger partial charge in [0, 0.05) is 0 Å². The number of halogens is 3. The number of alkyl halides is 3. The maximum absolute atomic E-state index is 12.8. The highest BCUT2D eigenvalue weighted by molar-refractivity contribution is 5.84. The summed E-state index contributed by atoms with van der Waals surface area (Å²) in [6, 6.07) is 15.9. The molecule has 0 aliphatic carbocycles. The number of amides is 1. The molecule has 0 radical (unpaired) electrons. The molecule has 0 aliphatic heterocycles. The van der Waals surface area contributed by atoms with Gasteiger partial charge < -0.3 is 14.1 Å². The van der Waals surface area contributed by atoms with Crippen LogP contribution in [-0.2, 0) is 11.3 Å². The van der Waals surface area contributed by atoms with Crippen LogP contribution in [-0.4, -0.2) is 30.1 Å². The number of hydrogen-bond donors (Lipinski definition) is 0. The molecule has 0 N–H and O–H groups in total. The van der Waals surface area contributed by atoms with Crippen molar-refractivity contribution in [3.05, 3.63) is 66.6 Å². The molecule has 4 nitrogen and oxygen atoms in total. The molecule has 1 heterocycles. The zero-order valence-corrected chi connectivity index (χ0v) is 13.7. The van der Waals surface area contributed by atoms with Crippen molar-refractivity contribution in [1.82, 2.24) is 4.90 Å². The number of fused-ring (bicyclic) bond motifs is 1. The first-order valence-corrected chi connectivity index (χ1v) is 7.89. The third-order valence-electron chi connectivity index (χ3n) is 3.73. The Morgan fingerprint density at radius 1 is 1.04 bits per heavy atom. The molecule has 26 heavy (non-hydrogen) atoms. The zero-order valence-electron chi connectivity index (χ0n) is 13.7. The van der Waals surface area contributed by atoms with Crippen molar-refractivity contribution in [2.45, 2.75) is 12.7 Å². The van der Waals surface area contributed by atoms with E-state index in [4.69, 9.17) is 9.15 Å². The highest BCUT2D eigenvalue weighted by Crippen LogP contribution is 2.22. The van der Waals surface area contributed by atoms with Crippen LogP contribution in [0.1, 0.15) is 5.76 Å². The molecule has 3 rings (SSSR count). The Kier molecular flexibility index (Phi) is 5.16. The van der Waals surface area contributed by atoms with Crippen molar-refractivity contribution in [1.29, 1.82) is 0 Å². The van der Waals surface area contributed by atoms with Gasteiger partial charge in [-0.05, 0) is 35.0 Å². The van der Waals surface area contributed by atoms with Crippen LogP contribution in [0.2, 0.25) is 0 Å². The average molecular weight is 363 g/mol. The Bertz CT molecular complexity index is 875. The van der Waals surface area contributed by atoms with Gasteiger partial charge in [0.15, 0.2) is 6.61 Å². The molecule has 0 aliphatic rings. The lowest BCUT2D eigenvalue weighted by atomic mass is 10.1. The normalized spacial score (nSPS) is 11.5. The second-order valence-corrected chi connectivity index (χ2v) is 5.74. The first-order valence-electron chi connectivity index (χ1n) is 7.89. The third-order valence-corrected chi connectivity index (χ3v) is 3.73. The molecule has 3 aromatic rings. The highest BCUT2D eigenvalue weighted by Gasteiger charge is 2.33. The van der Waals surface area contributed by atoms with Crippen molar-refractivity contribution < 1.29 is 27.1 Å². The lowest BCUT2D eigenvalue weighted by molar-refractivity contribution is -0.164. The van der Waals surface area contributed by atoms with Gasteiger partial charge in [-0.2, -0.15) is 13.2 Å². The standard InChI is InChI=1S/C19H16F3NO3/c20-19(21,22)13-23(11-17-6-3-9-25-17)18(24)12-26-16-8-7-14-4-1-2-5-15(14)10-16/h1-10H,11-13H2. The van der Waals surface area contributed by atoms with Crippen LogP contribution in [0.15, 0.2) is 65.3 Å². The Hall–Kier alpha value is -2.96. The predicted molar refractivity (Wildman–Crippen MR) is 89.6 cm³/mol. The van der Waals surface area contributed by atoms with Gasteiger partial charge in [-0.1, -0.05) is 30.3 Å². The third kappa shape index (κ3) is 4.78. The second-order valence-electron chi connectivity index (χ2n) is 5.74. The fourth-order valence-electron chi connectivity index (χ4n) is 2.53. The van der Waals surface area contributed by atoms with Crippen molar-refractivity contribution in [3.8, 4) is 5.75 Å². The van der Waals surface area contributed by atoms with Crippen molar-refractivity contribution >= 4 is 16.7 Å². The molecule has 2 aromatic carbocycles. The van der Waals surface area contributed by atoms with Gasteiger partial charge in [0.25, 0.3) is 5.91 Å². The van der Waals surface area contributed by atoms with E-state index in [0.717, 1.165) is 10.8 Å². The van der Waals surface area contributed by atoms with Gasteiger partial charge in [-0.25, -0.2) is 0 Å². The van der Waals surface area contributed by atoms with Gasteiger partial charge in [0.2, 0.25) is 0 Å². The van der Waals surface area contributed by atoms with Gasteiger partial charge in [-0.3, -0.25) is 4.79 Å². The number of rotatable bonds is 6. The van der Waals surface area contributed by atoms with Gasteiger partial charge in [0.05, 0.1) is 12.8 Å². The topological polar surface area (TPSA) is 42.7 Å². The molecule has 0 unspecified atom stereocenters. The van der Waals surface area contributed by atoms with Crippen LogP contribution >= 0.6 is 0 Å². The highest BCUT2D eigenvalue weighted by atomic mass is 19.4. The van der Waals surface area contributed by atoms with Crippen molar-refractivity contribution in [2.24, 2.45) is 0 Å². The summed E-state index contributed by atoms with van der Waals surface area (Å²) in [4.78, 5) is 12.9. The molecule has 0 saturated carbocycles. The predicted octanol–water partition coefficient (Wildman–Crippen LogP) is 4.40. The van der Waals surface area contributed by atoms with Crippen LogP contribution in [0.25, 0.3) is 10.8 Å². The lowest BCUT2D eigenvalue weighted by Gasteiger charge is -2.23. The Morgan fingerprint density at radius 2 is 1.81 bits per heavy atom. The van der Waals surface area contributed by atoms with E-state index in [1.165, 1.54) is 12.3 Å². The maximum atomic E-state index is 12.8. The van der Waals surface area contributed by atoms with E-state index in [1.54, 1.807) is 18.2 Å². The summed E-state index contributed by atoms with van der Waals surface area (Å²) in [5.74, 6) is -0.0813. The van der Waals surface area contributed by atoms with Gasteiger partial charge in [-0.15, -0.1) is 0 Å². The molecule has 7 heteroatoms. The van der Waals surface area contributed by atoms with Crippen molar-refractivity contribution in [2.75, 3.05) is 13.2 Å². The SMILES string of the molecule is O=C(COc1ccc2ccccc2c1)N(Cc1ccco1)CC(F)(F)F. The summed E-state index contributed by atoms with van der Waals surface area (Å²) in [5, 5.41) is 1.92. The number of carbonyl (C=O) groups is 1. The number of ether oxygens (including phenoxy) is 1. The molecular formula is C19H16F3NO3. The van der Waals surface area contributed by atoms with E-state index in [9.17, 15) is 18.0 Å². The van der Waals surface area contributed by atoms with Crippen LogP contribution < -0.4 is 4.74 Å². The van der Waals surface area contributed by atoms with E-state index in [1.807, 2.05) is 30.3 Å². The van der Waals surface area contributed by atoms with Crippen molar-refractivity contribution in [3.63, 3.8) is 0 Å². The van der Waals surface area contributed by atoms with E-state index < -0.39 is 25.2 Å². The number of nitrogens with zero attached hydrogens (tertiary/aromatic N) is 1.